The lowest BCUT2D eigenvalue weighted by Gasteiger charge is -2.37. The number of halogens is 5. The van der Waals surface area contributed by atoms with E-state index in [4.69, 9.17) is 0 Å². The maximum atomic E-state index is 13.6. The zero-order chi connectivity index (χ0) is 32.4. The van der Waals surface area contributed by atoms with Crippen LogP contribution in [0.15, 0.2) is 71.6 Å². The van der Waals surface area contributed by atoms with Gasteiger partial charge in [0.25, 0.3) is 5.91 Å². The molecule has 1 unspecified atom stereocenters. The average Bonchev–Trinajstić information content (AvgIpc) is 3.28. The first-order chi connectivity index (χ1) is 20.5. The number of rotatable bonds is 11. The monoisotopic (exact) mass is 626 g/mol. The summed E-state index contributed by atoms with van der Waals surface area (Å²) in [4.78, 5) is 14.1. The van der Waals surface area contributed by atoms with Crippen LogP contribution < -0.4 is 5.32 Å². The summed E-state index contributed by atoms with van der Waals surface area (Å²) in [6.07, 6.45) is -4.99. The van der Waals surface area contributed by atoms with Crippen molar-refractivity contribution in [3.63, 3.8) is 0 Å². The van der Waals surface area contributed by atoms with Gasteiger partial charge < -0.3 is 20.1 Å². The highest BCUT2D eigenvalue weighted by molar-refractivity contribution is 8.03. The van der Waals surface area contributed by atoms with Gasteiger partial charge in [0, 0.05) is 38.9 Å². The summed E-state index contributed by atoms with van der Waals surface area (Å²) in [6.45, 7) is -1.24. The first-order valence-corrected chi connectivity index (χ1v) is 14.8. The van der Waals surface area contributed by atoms with Gasteiger partial charge in [0.05, 0.1) is 24.8 Å². The second kappa shape index (κ2) is 13.1. The largest absolute Gasteiger partial charge is 0.416 e. The highest BCUT2D eigenvalue weighted by atomic mass is 32.2. The summed E-state index contributed by atoms with van der Waals surface area (Å²) in [5, 5.41) is 22.9. The summed E-state index contributed by atoms with van der Waals surface area (Å²) < 4.78 is 69.0. The van der Waals surface area contributed by atoms with E-state index < -0.39 is 46.1 Å². The molecule has 1 aromatic heterocycles. The number of aromatic nitrogens is 1. The average molecular weight is 626 g/mol. The Hall–Kier alpha value is -3.15. The molecule has 4 rings (SSSR count). The molecule has 1 heterocycles. The lowest BCUT2D eigenvalue weighted by molar-refractivity contribution is -0.138. The molecule has 0 fully saturated rings. The Balaban J connectivity index is 1.57. The predicted molar refractivity (Wildman–Crippen MR) is 174 cm³/mol. The lowest BCUT2D eigenvalue weighted by atomic mass is 9.45. The molecular weight excluding hydrogens is 595 g/mol. The number of carbonyl (C=O) groups is 1. The van der Waals surface area contributed by atoms with Crippen molar-refractivity contribution >= 4 is 60.0 Å². The van der Waals surface area contributed by atoms with Gasteiger partial charge in [-0.25, -0.2) is 8.78 Å². The van der Waals surface area contributed by atoms with Gasteiger partial charge in [0.15, 0.2) is 0 Å². The van der Waals surface area contributed by atoms with Crippen molar-refractivity contribution in [3.05, 3.63) is 100 Å². The van der Waals surface area contributed by atoms with E-state index in [0.717, 1.165) is 17.0 Å². The Morgan fingerprint density at radius 3 is 2.25 bits per heavy atom. The standard InChI is InChI=1S/C29H31B4F5N2O3S/c30-28(31,43)29(32,33)44-22-6-2-16(3-7-22)24(15-41)39-26(42)18-4-8-25-19(11-18)13-21(40(25)10-9-34)12-17-1-5-20(35)14-23(17)27(36,37)38/h1-8,11,13-14,24,41,43H,9-10,12,15,30-33H2,(H,39,42). The van der Waals surface area contributed by atoms with Crippen molar-refractivity contribution < 1.29 is 37.0 Å². The summed E-state index contributed by atoms with van der Waals surface area (Å²) in [5.74, 6) is -1.49. The number of aliphatic hydroxyl groups excluding tert-OH is 1. The number of fused-ring (bicyclic) bond motifs is 1. The molecule has 4 aromatic rings. The molecule has 0 radical (unpaired) electrons. The number of nitrogens with zero attached hydrogens (tertiary/aromatic N) is 1. The van der Waals surface area contributed by atoms with Crippen molar-refractivity contribution in [2.75, 3.05) is 13.3 Å². The van der Waals surface area contributed by atoms with Crippen LogP contribution in [0.2, 0.25) is 0 Å². The molecule has 0 aliphatic carbocycles. The predicted octanol–water partition coefficient (Wildman–Crippen LogP) is 1.75. The molecule has 0 spiro atoms. The first-order valence-electron chi connectivity index (χ1n) is 14.0. The Kier molecular flexibility index (Phi) is 10.0. The van der Waals surface area contributed by atoms with Crippen LogP contribution in [0.1, 0.15) is 38.8 Å². The van der Waals surface area contributed by atoms with Crippen molar-refractivity contribution in [2.24, 2.45) is 0 Å². The normalized spacial score (nSPS) is 13.2. The molecule has 3 N–H and O–H groups in total. The molecule has 0 aliphatic rings. The Bertz CT molecular complexity index is 1640. The molecular formula is C29H31B4F5N2O3S. The van der Waals surface area contributed by atoms with Crippen molar-refractivity contribution in [1.82, 2.24) is 9.88 Å². The molecule has 15 heteroatoms. The SMILES string of the molecule is BC(B)(O)C(B)(B)Sc1ccc(C(CO)NC(=O)c2ccc3c(c2)cc(Cc2ccc(F)cc2C(F)(F)F)n3CCF)cc1. The molecule has 44 heavy (non-hydrogen) atoms. The van der Waals surface area contributed by atoms with Gasteiger partial charge in [-0.1, -0.05) is 18.2 Å². The minimum Gasteiger partial charge on any atom is -0.408 e. The third-order valence-corrected chi connectivity index (χ3v) is 9.44. The third kappa shape index (κ3) is 7.55. The summed E-state index contributed by atoms with van der Waals surface area (Å²) in [7, 11) is 7.37. The fourth-order valence-electron chi connectivity index (χ4n) is 4.79. The molecule has 5 nitrogen and oxygen atoms in total. The minimum absolute atomic E-state index is 0.110. The van der Waals surface area contributed by atoms with E-state index in [-0.39, 0.29) is 30.7 Å². The van der Waals surface area contributed by atoms with Crippen molar-refractivity contribution in [3.8, 4) is 0 Å². The molecule has 0 saturated heterocycles. The lowest BCUT2D eigenvalue weighted by Crippen LogP contribution is -2.54. The maximum Gasteiger partial charge on any atom is 0.416 e. The first kappa shape index (κ1) is 33.7. The van der Waals surface area contributed by atoms with Gasteiger partial charge in [-0.3, -0.25) is 4.79 Å². The van der Waals surface area contributed by atoms with Gasteiger partial charge in [0.2, 0.25) is 0 Å². The van der Waals surface area contributed by atoms with E-state index in [1.165, 1.54) is 17.8 Å². The van der Waals surface area contributed by atoms with Gasteiger partial charge in [-0.15, -0.1) is 11.8 Å². The molecule has 3 aromatic carbocycles. The number of aliphatic hydroxyl groups is 2. The fraction of sp³-hybridized carbons (Fsp3) is 0.276. The van der Waals surface area contributed by atoms with Crippen molar-refractivity contribution in [2.45, 2.75) is 40.0 Å². The van der Waals surface area contributed by atoms with Crippen LogP contribution in [0.3, 0.4) is 0 Å². The highest BCUT2D eigenvalue weighted by Gasteiger charge is 2.36. The van der Waals surface area contributed by atoms with E-state index in [0.29, 0.717) is 28.2 Å². The van der Waals surface area contributed by atoms with Crippen LogP contribution >= 0.6 is 11.8 Å². The van der Waals surface area contributed by atoms with Crippen LogP contribution in [-0.2, 0) is 19.1 Å². The number of carbonyl (C=O) groups excluding carboxylic acids is 1. The van der Waals surface area contributed by atoms with Crippen LogP contribution in [0.4, 0.5) is 22.0 Å². The smallest absolute Gasteiger partial charge is 0.408 e. The maximum absolute atomic E-state index is 13.6. The molecule has 1 atom stereocenters. The minimum atomic E-state index is -4.77. The number of hydrogen-bond donors (Lipinski definition) is 3. The molecule has 0 saturated carbocycles. The summed E-state index contributed by atoms with van der Waals surface area (Å²) in [6, 6.07) is 15.3. The number of nitrogens with one attached hydrogen (secondary N) is 1. The number of hydrogen-bond acceptors (Lipinski definition) is 4. The zero-order valence-electron chi connectivity index (χ0n) is 24.8. The van der Waals surface area contributed by atoms with E-state index in [9.17, 15) is 37.0 Å². The number of amides is 1. The third-order valence-electron chi connectivity index (χ3n) is 7.92. The van der Waals surface area contributed by atoms with Crippen LogP contribution in [-0.4, -0.2) is 75.3 Å². The Morgan fingerprint density at radius 2 is 1.66 bits per heavy atom. The number of benzene rings is 3. The summed E-state index contributed by atoms with van der Waals surface area (Å²) >= 11 is 1.50. The van der Waals surface area contributed by atoms with E-state index >= 15 is 0 Å². The van der Waals surface area contributed by atoms with Crippen LogP contribution in [0, 0.1) is 5.82 Å². The zero-order valence-corrected chi connectivity index (χ0v) is 25.6. The van der Waals surface area contributed by atoms with E-state index in [2.05, 4.69) is 5.32 Å². The number of aryl methyl sites for hydroxylation is 1. The number of thioether (sulfide) groups is 1. The fourth-order valence-corrected chi connectivity index (χ4v) is 5.90. The second-order valence-corrected chi connectivity index (χ2v) is 13.4. The Morgan fingerprint density at radius 1 is 0.977 bits per heavy atom. The van der Waals surface area contributed by atoms with E-state index in [1.54, 1.807) is 50.6 Å². The highest BCUT2D eigenvalue weighted by Crippen LogP contribution is 2.35. The molecule has 0 aliphatic heterocycles. The van der Waals surface area contributed by atoms with Crippen molar-refractivity contribution in [1.29, 1.82) is 0 Å². The second-order valence-electron chi connectivity index (χ2n) is 11.7. The topological polar surface area (TPSA) is 74.5 Å². The van der Waals surface area contributed by atoms with Crippen LogP contribution in [0.25, 0.3) is 10.9 Å². The quantitative estimate of drug-likeness (QED) is 0.135. The van der Waals surface area contributed by atoms with Gasteiger partial charge >= 0.3 is 6.18 Å². The van der Waals surface area contributed by atoms with Crippen LogP contribution in [0.5, 0.6) is 0 Å². The van der Waals surface area contributed by atoms with Gasteiger partial charge in [-0.05, 0) is 64.2 Å². The Labute approximate surface area is 260 Å². The molecule has 0 bridgehead atoms. The number of alkyl halides is 4. The molecule has 1 amide bonds. The van der Waals surface area contributed by atoms with E-state index in [1.807, 2.05) is 27.8 Å². The van der Waals surface area contributed by atoms with Gasteiger partial charge in [0.1, 0.15) is 43.9 Å². The van der Waals surface area contributed by atoms with Gasteiger partial charge in [-0.2, -0.15) is 13.2 Å². The molecule has 228 valence electrons. The summed E-state index contributed by atoms with van der Waals surface area (Å²) in [5.41, 5.74) is 0.577.